The number of aliphatic hydroxyl groups excluding tert-OH is 2. The topological polar surface area (TPSA) is 131 Å². The maximum absolute atomic E-state index is 12.4. The fourth-order valence-corrected chi connectivity index (χ4v) is 3.98. The number of benzene rings is 2. The van der Waals surface area contributed by atoms with Crippen LogP contribution in [-0.2, 0) is 4.74 Å². The van der Waals surface area contributed by atoms with Gasteiger partial charge in [-0.3, -0.25) is 0 Å². The van der Waals surface area contributed by atoms with Crippen molar-refractivity contribution in [3.63, 3.8) is 0 Å². The zero-order valence-corrected chi connectivity index (χ0v) is 22.2. The van der Waals surface area contributed by atoms with Crippen molar-refractivity contribution >= 4 is 52.2 Å². The summed E-state index contributed by atoms with van der Waals surface area (Å²) in [7, 11) is 0. The molecule has 0 saturated carbocycles. The first-order valence-corrected chi connectivity index (χ1v) is 12.3. The Morgan fingerprint density at radius 3 is 2.49 bits per heavy atom. The van der Waals surface area contributed by atoms with Gasteiger partial charge in [-0.1, -0.05) is 46.1 Å². The van der Waals surface area contributed by atoms with Crippen molar-refractivity contribution in [2.45, 2.75) is 44.6 Å². The van der Waals surface area contributed by atoms with Crippen molar-refractivity contribution < 1.29 is 19.3 Å². The lowest BCUT2D eigenvalue weighted by Crippen LogP contribution is -2.50. The predicted molar refractivity (Wildman–Crippen MR) is 142 cm³/mol. The number of rotatable bonds is 4. The highest BCUT2D eigenvalue weighted by atomic mass is 35.5. The minimum Gasteiger partial charge on any atom is -0.394 e. The Morgan fingerprint density at radius 1 is 1.19 bits per heavy atom. The van der Waals surface area contributed by atoms with Gasteiger partial charge in [0.05, 0.1) is 45.4 Å². The summed E-state index contributed by atoms with van der Waals surface area (Å²) in [6, 6.07) is 9.15. The molecule has 2 heterocycles. The Bertz CT molecular complexity index is 1250. The number of aryl methyl sites for hydroxylation is 1. The third kappa shape index (κ3) is 7.94. The number of nitrogens with zero attached hydrogens (tertiary/aromatic N) is 5. The number of hydrogen-bond acceptors (Lipinski definition) is 6. The Kier molecular flexibility index (Phi) is 10.4. The summed E-state index contributed by atoms with van der Waals surface area (Å²) in [5.41, 5.74) is 7.17. The van der Waals surface area contributed by atoms with Gasteiger partial charge in [-0.2, -0.15) is 0 Å². The number of aromatic nitrogens is 3. The van der Waals surface area contributed by atoms with Crippen LogP contribution in [0.2, 0.25) is 15.1 Å². The smallest absolute Gasteiger partial charge is 0.159 e. The average Bonchev–Trinajstić information content (AvgIpc) is 3.39. The lowest BCUT2D eigenvalue weighted by molar-refractivity contribution is -0.137. The highest BCUT2D eigenvalue weighted by Gasteiger charge is 2.41. The Labute approximate surface area is 228 Å². The molecule has 4 N–H and O–H groups in total. The third-order valence-corrected chi connectivity index (χ3v) is 6.38. The fraction of sp³-hybridized carbons (Fsp3) is 0.333. The molecule has 4 rings (SSSR count). The van der Waals surface area contributed by atoms with E-state index in [1.807, 2.05) is 6.92 Å². The van der Waals surface area contributed by atoms with Crippen molar-refractivity contribution in [1.29, 1.82) is 0 Å². The van der Waals surface area contributed by atoms with Crippen molar-refractivity contribution in [3.8, 4) is 0 Å². The van der Waals surface area contributed by atoms with Gasteiger partial charge in [0.15, 0.2) is 5.84 Å². The van der Waals surface area contributed by atoms with Crippen LogP contribution in [-0.4, -0.2) is 61.8 Å². The molecule has 1 aliphatic heterocycles. The number of nitrogens with two attached hydrogens (primary N) is 1. The van der Waals surface area contributed by atoms with Gasteiger partial charge in [0.25, 0.3) is 0 Å². The predicted octanol–water partition coefficient (Wildman–Crippen LogP) is 4.53. The van der Waals surface area contributed by atoms with E-state index >= 15 is 0 Å². The van der Waals surface area contributed by atoms with E-state index < -0.39 is 24.4 Å². The van der Waals surface area contributed by atoms with E-state index in [-0.39, 0.29) is 29.1 Å². The third-order valence-electron chi connectivity index (χ3n) is 5.33. The lowest BCUT2D eigenvalue weighted by Gasteiger charge is -2.38. The first-order chi connectivity index (χ1) is 17.6. The highest BCUT2D eigenvalue weighted by molar-refractivity contribution is 6.42. The van der Waals surface area contributed by atoms with Gasteiger partial charge >= 0.3 is 0 Å². The molecule has 9 nitrogen and oxygen atoms in total. The summed E-state index contributed by atoms with van der Waals surface area (Å²) >= 11 is 17.4. The second-order valence-electron chi connectivity index (χ2n) is 8.26. The first-order valence-electron chi connectivity index (χ1n) is 11.1. The van der Waals surface area contributed by atoms with Crippen molar-refractivity contribution in [2.75, 3.05) is 6.61 Å². The van der Waals surface area contributed by atoms with E-state index in [1.165, 1.54) is 16.9 Å². The van der Waals surface area contributed by atoms with Gasteiger partial charge in [0.2, 0.25) is 0 Å². The Hall–Kier alpha value is -2.60. The molecule has 4 atom stereocenters. The molecule has 2 aromatic carbocycles. The molecular formula is C24H26Cl3FN6O3. The maximum Gasteiger partial charge on any atom is 0.159 e. The summed E-state index contributed by atoms with van der Waals surface area (Å²) in [5, 5.41) is 28.9. The normalized spacial score (nSPS) is 22.4. The molecule has 1 aromatic heterocycles. The van der Waals surface area contributed by atoms with Gasteiger partial charge in [0, 0.05) is 12.6 Å². The van der Waals surface area contributed by atoms with Gasteiger partial charge < -0.3 is 20.7 Å². The SMILES string of the molecule is CC(N)=NC(=Nc1ccc(Cl)c(Cl)c1)C1CC(n2ccnn2)C(O)C(CO)O1.Cc1ccc(Cl)c(F)c1. The average molecular weight is 572 g/mol. The molecule has 0 spiro atoms. The van der Waals surface area contributed by atoms with Crippen LogP contribution in [0.4, 0.5) is 10.1 Å². The molecule has 13 heteroatoms. The molecule has 3 aromatic rings. The number of hydrogen-bond donors (Lipinski definition) is 3. The van der Waals surface area contributed by atoms with Crippen molar-refractivity contribution in [3.05, 3.63) is 75.2 Å². The molecule has 0 bridgehead atoms. The zero-order chi connectivity index (χ0) is 27.1. The molecule has 1 fully saturated rings. The summed E-state index contributed by atoms with van der Waals surface area (Å²) in [5.74, 6) is 0.219. The van der Waals surface area contributed by atoms with E-state index in [9.17, 15) is 14.6 Å². The number of halogens is 4. The van der Waals surface area contributed by atoms with Crippen molar-refractivity contribution in [2.24, 2.45) is 15.7 Å². The van der Waals surface area contributed by atoms with Crippen LogP contribution >= 0.6 is 34.8 Å². The highest BCUT2D eigenvalue weighted by Crippen LogP contribution is 2.32. The molecule has 4 unspecified atom stereocenters. The molecule has 0 aliphatic carbocycles. The summed E-state index contributed by atoms with van der Waals surface area (Å²) in [4.78, 5) is 8.80. The quantitative estimate of drug-likeness (QED) is 0.311. The monoisotopic (exact) mass is 570 g/mol. The minimum absolute atomic E-state index is 0.181. The molecular weight excluding hydrogens is 546 g/mol. The standard InChI is InChI=1S/C17H20Cl2N6O3.C7H6ClF/c1-9(20)22-17(23-10-2-3-11(18)12(19)6-10)14-7-13(25-5-4-21-24-25)16(27)15(8-26)28-14;1-5-2-3-6(8)7(9)4-5/h2-6,13-16,26-27H,7-8H2,1H3,(H2,20,22,23);2-4H,1H3. The van der Waals surface area contributed by atoms with Crippen LogP contribution in [0.1, 0.15) is 24.9 Å². The van der Waals surface area contributed by atoms with Gasteiger partial charge in [-0.15, -0.1) is 5.10 Å². The van der Waals surface area contributed by atoms with Crippen LogP contribution in [0.5, 0.6) is 0 Å². The van der Waals surface area contributed by atoms with Crippen LogP contribution in [0.15, 0.2) is 58.8 Å². The Balaban J connectivity index is 0.000000356. The van der Waals surface area contributed by atoms with E-state index in [4.69, 9.17) is 45.3 Å². The van der Waals surface area contributed by atoms with Crippen LogP contribution < -0.4 is 5.73 Å². The first kappa shape index (κ1) is 29.0. The molecule has 37 heavy (non-hydrogen) atoms. The summed E-state index contributed by atoms with van der Waals surface area (Å²) < 4.78 is 19.8. The zero-order valence-electron chi connectivity index (χ0n) is 20.0. The summed E-state index contributed by atoms with van der Waals surface area (Å²) in [6.07, 6.45) is 0.980. The van der Waals surface area contributed by atoms with Crippen LogP contribution in [0.25, 0.3) is 0 Å². The van der Waals surface area contributed by atoms with E-state index in [0.717, 1.165) is 5.56 Å². The Morgan fingerprint density at radius 2 is 1.92 bits per heavy atom. The second kappa shape index (κ2) is 13.3. The van der Waals surface area contributed by atoms with Gasteiger partial charge in [-0.25, -0.2) is 19.1 Å². The lowest BCUT2D eigenvalue weighted by atomic mass is 9.95. The van der Waals surface area contributed by atoms with Gasteiger partial charge in [0.1, 0.15) is 24.1 Å². The van der Waals surface area contributed by atoms with Crippen molar-refractivity contribution in [1.82, 2.24) is 15.0 Å². The van der Waals surface area contributed by atoms with Crippen LogP contribution in [0.3, 0.4) is 0 Å². The molecule has 1 aliphatic rings. The molecule has 198 valence electrons. The summed E-state index contributed by atoms with van der Waals surface area (Å²) in [6.45, 7) is 3.06. The molecule has 1 saturated heterocycles. The fourth-order valence-electron chi connectivity index (χ4n) is 3.57. The molecule has 0 radical (unpaired) electrons. The largest absolute Gasteiger partial charge is 0.394 e. The van der Waals surface area contributed by atoms with E-state index in [2.05, 4.69) is 20.3 Å². The number of ether oxygens (including phenoxy) is 1. The van der Waals surface area contributed by atoms with E-state index in [0.29, 0.717) is 22.2 Å². The number of aliphatic imine (C=N–C) groups is 2. The maximum atomic E-state index is 12.4. The molecule has 0 amide bonds. The second-order valence-corrected chi connectivity index (χ2v) is 9.48. The number of aliphatic hydroxyl groups is 2. The van der Waals surface area contributed by atoms with Crippen LogP contribution in [0, 0.1) is 12.7 Å². The van der Waals surface area contributed by atoms with E-state index in [1.54, 1.807) is 43.5 Å². The van der Waals surface area contributed by atoms with Gasteiger partial charge in [-0.05, 0) is 49.7 Å². The minimum atomic E-state index is -0.975. The number of amidine groups is 2.